The van der Waals surface area contributed by atoms with Crippen LogP contribution in [0.15, 0.2) is 53.6 Å². The minimum atomic E-state index is -0.102. The number of ether oxygens (including phenoxy) is 1. The first-order valence-corrected chi connectivity index (χ1v) is 9.87. The maximum Gasteiger partial charge on any atom is 0.335 e. The Bertz CT molecular complexity index is 824. The van der Waals surface area contributed by atoms with E-state index >= 15 is 0 Å². The summed E-state index contributed by atoms with van der Waals surface area (Å²) in [6.45, 7) is 3.21. The predicted molar refractivity (Wildman–Crippen MR) is 105 cm³/mol. The molecule has 0 radical (unpaired) electrons. The molecule has 1 N–H and O–H groups in total. The van der Waals surface area contributed by atoms with E-state index in [-0.39, 0.29) is 12.0 Å². The predicted octanol–water partition coefficient (Wildman–Crippen LogP) is 4.40. The Hall–Kier alpha value is -2.13. The van der Waals surface area contributed by atoms with Crippen molar-refractivity contribution in [3.63, 3.8) is 0 Å². The fraction of sp³-hybridized carbons (Fsp3) is 0.435. The van der Waals surface area contributed by atoms with E-state index in [4.69, 9.17) is 4.74 Å². The van der Waals surface area contributed by atoms with E-state index in [1.165, 1.54) is 34.8 Å². The van der Waals surface area contributed by atoms with Crippen molar-refractivity contribution in [1.82, 2.24) is 5.32 Å². The minimum Gasteiger partial charge on any atom is -0.463 e. The molecule has 0 aromatic heterocycles. The Kier molecular flexibility index (Phi) is 5.07. The molecule has 26 heavy (non-hydrogen) atoms. The topological polar surface area (TPSA) is 38.3 Å². The van der Waals surface area contributed by atoms with Gasteiger partial charge >= 0.3 is 5.97 Å². The smallest absolute Gasteiger partial charge is 0.335 e. The lowest BCUT2D eigenvalue weighted by Gasteiger charge is -2.40. The SMILES string of the molecule is CCOC(=O)C1=C2CCC(CC2)[C@H]1NCCc1cccc2ccccc12. The lowest BCUT2D eigenvalue weighted by atomic mass is 9.70. The summed E-state index contributed by atoms with van der Waals surface area (Å²) in [5.41, 5.74) is 3.63. The summed E-state index contributed by atoms with van der Waals surface area (Å²) in [6, 6.07) is 15.2. The lowest BCUT2D eigenvalue weighted by molar-refractivity contribution is -0.139. The van der Waals surface area contributed by atoms with E-state index in [0.29, 0.717) is 12.5 Å². The van der Waals surface area contributed by atoms with Crippen LogP contribution in [0.3, 0.4) is 0 Å². The number of nitrogens with one attached hydrogen (secondary N) is 1. The third-order valence-electron chi connectivity index (χ3n) is 5.93. The maximum atomic E-state index is 12.5. The zero-order valence-corrected chi connectivity index (χ0v) is 15.5. The van der Waals surface area contributed by atoms with Crippen molar-refractivity contribution in [1.29, 1.82) is 0 Å². The third-order valence-corrected chi connectivity index (χ3v) is 5.93. The number of esters is 1. The number of carbonyl (C=O) groups is 1. The molecule has 1 atom stereocenters. The lowest BCUT2D eigenvalue weighted by Crippen LogP contribution is -2.46. The second-order valence-electron chi connectivity index (χ2n) is 7.40. The molecule has 2 aromatic carbocycles. The molecule has 0 saturated heterocycles. The first-order valence-electron chi connectivity index (χ1n) is 9.87. The van der Waals surface area contributed by atoms with Gasteiger partial charge in [0.2, 0.25) is 0 Å². The highest BCUT2D eigenvalue weighted by Crippen LogP contribution is 2.41. The number of carbonyl (C=O) groups excluding carboxylic acids is 1. The van der Waals surface area contributed by atoms with Crippen molar-refractivity contribution >= 4 is 16.7 Å². The van der Waals surface area contributed by atoms with Gasteiger partial charge in [-0.3, -0.25) is 0 Å². The zero-order chi connectivity index (χ0) is 17.9. The standard InChI is InChI=1S/C23H27NO2/c1-2-26-23(25)21-18-10-12-19(13-11-18)22(21)24-15-14-17-8-5-7-16-6-3-4-9-20(16)17/h3-9,19,22,24H,2,10-15H2,1H3/t22-/m1/s1. The van der Waals surface area contributed by atoms with Gasteiger partial charge in [-0.2, -0.15) is 0 Å². The summed E-state index contributed by atoms with van der Waals surface area (Å²) in [4.78, 5) is 12.5. The van der Waals surface area contributed by atoms with Gasteiger partial charge in [0.1, 0.15) is 0 Å². The number of fused-ring (bicyclic) bond motifs is 4. The summed E-state index contributed by atoms with van der Waals surface area (Å²) in [6.07, 6.45) is 5.50. The van der Waals surface area contributed by atoms with Gasteiger partial charge < -0.3 is 10.1 Å². The molecule has 3 aliphatic rings. The molecule has 1 fully saturated rings. The Morgan fingerprint density at radius 1 is 1.12 bits per heavy atom. The number of hydrogen-bond acceptors (Lipinski definition) is 3. The minimum absolute atomic E-state index is 0.102. The second-order valence-corrected chi connectivity index (χ2v) is 7.40. The van der Waals surface area contributed by atoms with E-state index in [2.05, 4.69) is 47.8 Å². The average Bonchev–Trinajstić information content (AvgIpc) is 2.69. The number of benzene rings is 2. The van der Waals surface area contributed by atoms with Crippen LogP contribution < -0.4 is 5.32 Å². The molecule has 3 heteroatoms. The molecule has 0 unspecified atom stereocenters. The summed E-state index contributed by atoms with van der Waals surface area (Å²) in [7, 11) is 0. The highest BCUT2D eigenvalue weighted by molar-refractivity contribution is 5.91. The number of hydrogen-bond donors (Lipinski definition) is 1. The van der Waals surface area contributed by atoms with E-state index in [0.717, 1.165) is 31.4 Å². The Morgan fingerprint density at radius 3 is 2.69 bits per heavy atom. The summed E-state index contributed by atoms with van der Waals surface area (Å²) in [5, 5.41) is 6.31. The highest BCUT2D eigenvalue weighted by atomic mass is 16.5. The van der Waals surface area contributed by atoms with Gasteiger partial charge in [0.05, 0.1) is 12.2 Å². The van der Waals surface area contributed by atoms with Crippen LogP contribution in [0.25, 0.3) is 10.8 Å². The van der Waals surface area contributed by atoms with Gasteiger partial charge in [-0.15, -0.1) is 0 Å². The molecule has 0 spiro atoms. The second kappa shape index (κ2) is 7.63. The van der Waals surface area contributed by atoms with Gasteiger partial charge in [-0.1, -0.05) is 48.0 Å². The Morgan fingerprint density at radius 2 is 1.88 bits per heavy atom. The molecule has 2 aromatic rings. The van der Waals surface area contributed by atoms with Gasteiger partial charge in [-0.25, -0.2) is 4.79 Å². The fourth-order valence-corrected chi connectivity index (χ4v) is 4.67. The normalized spacial score (nSPS) is 22.0. The molecule has 3 nitrogen and oxygen atoms in total. The van der Waals surface area contributed by atoms with Crippen molar-refractivity contribution in [2.75, 3.05) is 13.2 Å². The van der Waals surface area contributed by atoms with Crippen molar-refractivity contribution < 1.29 is 9.53 Å². The van der Waals surface area contributed by atoms with E-state index < -0.39 is 0 Å². The van der Waals surface area contributed by atoms with E-state index in [1.807, 2.05) is 6.92 Å². The van der Waals surface area contributed by atoms with Gasteiger partial charge in [-0.05, 0) is 67.8 Å². The zero-order valence-electron chi connectivity index (χ0n) is 15.5. The van der Waals surface area contributed by atoms with E-state index in [1.54, 1.807) is 0 Å². The van der Waals surface area contributed by atoms with Gasteiger partial charge in [0, 0.05) is 6.04 Å². The van der Waals surface area contributed by atoms with Crippen LogP contribution >= 0.6 is 0 Å². The van der Waals surface area contributed by atoms with Crippen molar-refractivity contribution in [2.24, 2.45) is 5.92 Å². The monoisotopic (exact) mass is 349 g/mol. The summed E-state index contributed by atoms with van der Waals surface area (Å²) < 4.78 is 5.35. The number of rotatable bonds is 6. The van der Waals surface area contributed by atoms with Crippen molar-refractivity contribution in [3.05, 3.63) is 59.2 Å². The van der Waals surface area contributed by atoms with Crippen LogP contribution in [0, 0.1) is 5.92 Å². The van der Waals surface area contributed by atoms with Crippen LogP contribution in [0.1, 0.15) is 38.2 Å². The van der Waals surface area contributed by atoms with Crippen LogP contribution in [0.5, 0.6) is 0 Å². The van der Waals surface area contributed by atoms with Crippen LogP contribution in [-0.2, 0) is 16.0 Å². The molecular formula is C23H27NO2. The quantitative estimate of drug-likeness (QED) is 0.786. The van der Waals surface area contributed by atoms with Gasteiger partial charge in [0.15, 0.2) is 0 Å². The first kappa shape index (κ1) is 17.3. The molecule has 5 rings (SSSR count). The molecule has 0 aliphatic heterocycles. The van der Waals surface area contributed by atoms with Crippen LogP contribution in [0.4, 0.5) is 0 Å². The fourth-order valence-electron chi connectivity index (χ4n) is 4.67. The molecular weight excluding hydrogens is 322 g/mol. The maximum absolute atomic E-state index is 12.5. The average molecular weight is 349 g/mol. The molecule has 0 heterocycles. The van der Waals surface area contributed by atoms with Crippen molar-refractivity contribution in [2.45, 2.75) is 45.1 Å². The summed E-state index contributed by atoms with van der Waals surface area (Å²) in [5.74, 6) is 0.467. The first-order chi connectivity index (χ1) is 12.8. The molecule has 1 saturated carbocycles. The highest BCUT2D eigenvalue weighted by Gasteiger charge is 2.39. The Labute approximate surface area is 155 Å². The van der Waals surface area contributed by atoms with Crippen LogP contribution in [0.2, 0.25) is 0 Å². The van der Waals surface area contributed by atoms with Crippen LogP contribution in [-0.4, -0.2) is 25.2 Å². The Balaban J connectivity index is 1.48. The van der Waals surface area contributed by atoms with E-state index in [9.17, 15) is 4.79 Å². The van der Waals surface area contributed by atoms with Crippen molar-refractivity contribution in [3.8, 4) is 0 Å². The molecule has 136 valence electrons. The largest absolute Gasteiger partial charge is 0.463 e. The molecule has 0 amide bonds. The van der Waals surface area contributed by atoms with Gasteiger partial charge in [0.25, 0.3) is 0 Å². The number of allylic oxidation sites excluding steroid dienone is 1. The summed E-state index contributed by atoms with van der Waals surface area (Å²) >= 11 is 0. The third kappa shape index (κ3) is 3.28. The molecule has 2 bridgehead atoms. The molecule has 3 aliphatic carbocycles.